The van der Waals surface area contributed by atoms with E-state index in [4.69, 9.17) is 0 Å². The normalized spacial score (nSPS) is 10.6. The molecule has 78 valence electrons. The van der Waals surface area contributed by atoms with Crippen LogP contribution in [-0.4, -0.2) is 21.6 Å². The molecule has 0 aliphatic carbocycles. The first-order chi connectivity index (χ1) is 7.25. The van der Waals surface area contributed by atoms with E-state index in [2.05, 4.69) is 15.0 Å². The van der Waals surface area contributed by atoms with Gasteiger partial charge in [0.2, 0.25) is 0 Å². The van der Waals surface area contributed by atoms with Crippen LogP contribution in [0.1, 0.15) is 0 Å². The van der Waals surface area contributed by atoms with Gasteiger partial charge in [0.15, 0.2) is 0 Å². The number of halogens is 2. The second kappa shape index (κ2) is 4.04. The largest absolute Gasteiger partial charge is 0.435 e. The zero-order valence-electron chi connectivity index (χ0n) is 7.55. The summed E-state index contributed by atoms with van der Waals surface area (Å²) in [5.41, 5.74) is 0.616. The highest BCUT2D eigenvalue weighted by Crippen LogP contribution is 2.17. The van der Waals surface area contributed by atoms with Crippen molar-refractivity contribution in [3.05, 3.63) is 36.7 Å². The van der Waals surface area contributed by atoms with Crippen LogP contribution in [0.4, 0.5) is 8.78 Å². The van der Waals surface area contributed by atoms with Crippen LogP contribution < -0.4 is 4.74 Å². The van der Waals surface area contributed by atoms with Crippen LogP contribution in [0, 0.1) is 0 Å². The molecule has 0 bridgehead atoms. The van der Waals surface area contributed by atoms with E-state index in [0.717, 1.165) is 0 Å². The first-order valence-corrected chi connectivity index (χ1v) is 4.17. The molecule has 0 aliphatic rings. The Bertz CT molecular complexity index is 431. The maximum absolute atomic E-state index is 11.9. The number of benzene rings is 1. The molecular weight excluding hydrogens is 204 g/mol. The van der Waals surface area contributed by atoms with Crippen molar-refractivity contribution < 1.29 is 13.5 Å². The molecule has 0 fully saturated rings. The molecule has 0 spiro atoms. The van der Waals surface area contributed by atoms with Crippen LogP contribution in [-0.2, 0) is 0 Å². The maximum Gasteiger partial charge on any atom is 0.387 e. The Labute approximate surface area is 84.1 Å². The lowest BCUT2D eigenvalue weighted by Crippen LogP contribution is -2.03. The van der Waals surface area contributed by atoms with Crippen LogP contribution in [0.3, 0.4) is 0 Å². The van der Waals surface area contributed by atoms with E-state index in [1.54, 1.807) is 18.3 Å². The van der Waals surface area contributed by atoms with Crippen LogP contribution in [0.2, 0.25) is 0 Å². The average molecular weight is 211 g/mol. The highest BCUT2D eigenvalue weighted by Gasteiger charge is 2.05. The molecule has 0 radical (unpaired) electrons. The number of hydrogen-bond acceptors (Lipinski definition) is 3. The highest BCUT2D eigenvalue weighted by atomic mass is 19.3. The Morgan fingerprint density at radius 1 is 1.33 bits per heavy atom. The molecule has 15 heavy (non-hydrogen) atoms. The van der Waals surface area contributed by atoms with E-state index in [0.29, 0.717) is 5.69 Å². The standard InChI is InChI=1S/C9H7F2N3O/c10-9(11)15-8-3-1-2-7(6-8)14-5-4-12-13-14/h1-6,9H. The van der Waals surface area contributed by atoms with E-state index in [9.17, 15) is 8.78 Å². The Morgan fingerprint density at radius 2 is 2.20 bits per heavy atom. The Hall–Kier alpha value is -1.98. The quantitative estimate of drug-likeness (QED) is 0.778. The van der Waals surface area contributed by atoms with E-state index in [1.165, 1.54) is 23.0 Å². The van der Waals surface area contributed by atoms with E-state index in [-0.39, 0.29) is 5.75 Å². The number of rotatable bonds is 3. The van der Waals surface area contributed by atoms with Gasteiger partial charge in [0.25, 0.3) is 0 Å². The first kappa shape index (κ1) is 9.57. The predicted octanol–water partition coefficient (Wildman–Crippen LogP) is 1.87. The summed E-state index contributed by atoms with van der Waals surface area (Å²) in [7, 11) is 0. The molecule has 0 saturated heterocycles. The van der Waals surface area contributed by atoms with Gasteiger partial charge in [-0.05, 0) is 12.1 Å². The fourth-order valence-corrected chi connectivity index (χ4v) is 1.15. The second-order valence-electron chi connectivity index (χ2n) is 2.72. The minimum atomic E-state index is -2.82. The zero-order chi connectivity index (χ0) is 10.7. The van der Waals surface area contributed by atoms with Crippen molar-refractivity contribution in [3.8, 4) is 11.4 Å². The molecular formula is C9H7F2N3O. The summed E-state index contributed by atoms with van der Waals surface area (Å²) < 4.78 is 29.6. The van der Waals surface area contributed by atoms with Gasteiger partial charge >= 0.3 is 6.61 Å². The third-order valence-corrected chi connectivity index (χ3v) is 1.73. The topological polar surface area (TPSA) is 39.9 Å². The van der Waals surface area contributed by atoms with Gasteiger partial charge in [0.1, 0.15) is 5.75 Å². The summed E-state index contributed by atoms with van der Waals surface area (Å²) in [4.78, 5) is 0. The fourth-order valence-electron chi connectivity index (χ4n) is 1.15. The average Bonchev–Trinajstić information content (AvgIpc) is 2.69. The first-order valence-electron chi connectivity index (χ1n) is 4.17. The van der Waals surface area contributed by atoms with Crippen molar-refractivity contribution in [1.29, 1.82) is 0 Å². The molecule has 0 atom stereocenters. The van der Waals surface area contributed by atoms with Crippen LogP contribution in [0.15, 0.2) is 36.7 Å². The molecule has 0 saturated carbocycles. The minimum absolute atomic E-state index is 0.0954. The van der Waals surface area contributed by atoms with Crippen molar-refractivity contribution in [1.82, 2.24) is 15.0 Å². The number of ether oxygens (including phenoxy) is 1. The summed E-state index contributed by atoms with van der Waals surface area (Å²) in [5.74, 6) is 0.0954. The predicted molar refractivity (Wildman–Crippen MR) is 48.0 cm³/mol. The SMILES string of the molecule is FC(F)Oc1cccc(-n2ccnn2)c1. The zero-order valence-corrected chi connectivity index (χ0v) is 7.55. The van der Waals surface area contributed by atoms with Crippen molar-refractivity contribution in [2.75, 3.05) is 0 Å². The lowest BCUT2D eigenvalue weighted by molar-refractivity contribution is -0.0498. The lowest BCUT2D eigenvalue weighted by atomic mass is 10.3. The van der Waals surface area contributed by atoms with Gasteiger partial charge < -0.3 is 4.74 Å². The number of hydrogen-bond donors (Lipinski definition) is 0. The van der Waals surface area contributed by atoms with Crippen LogP contribution in [0.25, 0.3) is 5.69 Å². The van der Waals surface area contributed by atoms with E-state index < -0.39 is 6.61 Å². The van der Waals surface area contributed by atoms with Crippen molar-refractivity contribution >= 4 is 0 Å². The second-order valence-corrected chi connectivity index (χ2v) is 2.72. The van der Waals surface area contributed by atoms with E-state index >= 15 is 0 Å². The van der Waals surface area contributed by atoms with Crippen LogP contribution >= 0.6 is 0 Å². The van der Waals surface area contributed by atoms with Gasteiger partial charge in [-0.1, -0.05) is 11.3 Å². The molecule has 2 rings (SSSR count). The Balaban J connectivity index is 2.27. The lowest BCUT2D eigenvalue weighted by Gasteiger charge is -2.05. The third-order valence-electron chi connectivity index (χ3n) is 1.73. The molecule has 0 N–H and O–H groups in total. The number of alkyl halides is 2. The van der Waals surface area contributed by atoms with Crippen LogP contribution in [0.5, 0.6) is 5.75 Å². The Morgan fingerprint density at radius 3 is 2.87 bits per heavy atom. The number of nitrogens with zero attached hydrogens (tertiary/aromatic N) is 3. The minimum Gasteiger partial charge on any atom is -0.435 e. The molecule has 1 aromatic carbocycles. The summed E-state index contributed by atoms with van der Waals surface area (Å²) in [6.07, 6.45) is 3.11. The highest BCUT2D eigenvalue weighted by molar-refractivity contribution is 5.38. The molecule has 1 aromatic heterocycles. The monoisotopic (exact) mass is 211 g/mol. The van der Waals surface area contributed by atoms with Gasteiger partial charge in [-0.3, -0.25) is 0 Å². The smallest absolute Gasteiger partial charge is 0.387 e. The van der Waals surface area contributed by atoms with Gasteiger partial charge in [-0.25, -0.2) is 4.68 Å². The summed E-state index contributed by atoms with van der Waals surface area (Å²) in [5, 5.41) is 7.34. The molecule has 0 amide bonds. The summed E-state index contributed by atoms with van der Waals surface area (Å²) in [6, 6.07) is 6.23. The van der Waals surface area contributed by atoms with Crippen molar-refractivity contribution in [3.63, 3.8) is 0 Å². The summed E-state index contributed by atoms with van der Waals surface area (Å²) >= 11 is 0. The maximum atomic E-state index is 11.9. The summed E-state index contributed by atoms with van der Waals surface area (Å²) in [6.45, 7) is -2.82. The molecule has 6 heteroatoms. The van der Waals surface area contributed by atoms with Gasteiger partial charge in [0.05, 0.1) is 18.1 Å². The van der Waals surface area contributed by atoms with Crippen molar-refractivity contribution in [2.24, 2.45) is 0 Å². The molecule has 0 aliphatic heterocycles. The molecule has 1 heterocycles. The molecule has 0 unspecified atom stereocenters. The van der Waals surface area contributed by atoms with Gasteiger partial charge in [-0.2, -0.15) is 8.78 Å². The molecule has 4 nitrogen and oxygen atoms in total. The fraction of sp³-hybridized carbons (Fsp3) is 0.111. The molecule has 2 aromatic rings. The van der Waals surface area contributed by atoms with Gasteiger partial charge in [0, 0.05) is 6.07 Å². The van der Waals surface area contributed by atoms with E-state index in [1.807, 2.05) is 0 Å². The van der Waals surface area contributed by atoms with Crippen molar-refractivity contribution in [2.45, 2.75) is 6.61 Å². The Kier molecular flexibility index (Phi) is 2.57. The third kappa shape index (κ3) is 2.28. The van der Waals surface area contributed by atoms with Gasteiger partial charge in [-0.15, -0.1) is 5.10 Å². The number of aromatic nitrogens is 3.